The first-order valence-electron chi connectivity index (χ1n) is 37.7. The second-order valence-electron chi connectivity index (χ2n) is 28.0. The highest BCUT2D eigenvalue weighted by atomic mass is 31.2. The highest BCUT2D eigenvalue weighted by molar-refractivity contribution is 7.47. The van der Waals surface area contributed by atoms with Gasteiger partial charge in [-0.25, -0.2) is 9.13 Å². The highest BCUT2D eigenvalue weighted by Crippen LogP contribution is 2.45. The van der Waals surface area contributed by atoms with E-state index in [1.54, 1.807) is 0 Å². The molecule has 0 aromatic heterocycles. The van der Waals surface area contributed by atoms with Crippen molar-refractivity contribution in [2.75, 3.05) is 39.6 Å². The summed E-state index contributed by atoms with van der Waals surface area (Å²) in [5.74, 6) is 0.861. The largest absolute Gasteiger partial charge is 0.472 e. The van der Waals surface area contributed by atoms with Crippen LogP contribution in [0.2, 0.25) is 0 Å². The summed E-state index contributed by atoms with van der Waals surface area (Å²) >= 11 is 0. The molecule has 0 aliphatic carbocycles. The normalized spacial score (nSPS) is 14.5. The number of phosphoric acid groups is 2. The minimum Gasteiger partial charge on any atom is -0.462 e. The van der Waals surface area contributed by atoms with E-state index in [9.17, 15) is 43.2 Å². The van der Waals surface area contributed by atoms with Crippen molar-refractivity contribution in [1.82, 2.24) is 0 Å². The number of unbranched alkanes of at least 4 members (excludes halogenated alkanes) is 35. The molecule has 0 saturated carbocycles. The molecule has 0 fully saturated rings. The Balaban J connectivity index is 5.20. The molecule has 0 heterocycles. The summed E-state index contributed by atoms with van der Waals surface area (Å²) < 4.78 is 68.3. The van der Waals surface area contributed by atoms with E-state index < -0.39 is 97.5 Å². The molecule has 0 radical (unpaired) electrons. The Labute approximate surface area is 562 Å². The third kappa shape index (κ3) is 65.4. The van der Waals surface area contributed by atoms with Crippen molar-refractivity contribution >= 4 is 39.5 Å². The summed E-state index contributed by atoms with van der Waals surface area (Å²) in [6.45, 7) is 14.1. The molecular formula is C73H142O17P2. The van der Waals surface area contributed by atoms with Crippen molar-refractivity contribution < 1.29 is 80.2 Å². The Bertz CT molecular complexity index is 1820. The minimum atomic E-state index is -4.96. The molecule has 0 aliphatic heterocycles. The maximum absolute atomic E-state index is 13.0. The maximum Gasteiger partial charge on any atom is 0.472 e. The predicted octanol–water partition coefficient (Wildman–Crippen LogP) is 20.9. The number of aliphatic hydroxyl groups is 1. The van der Waals surface area contributed by atoms with E-state index >= 15 is 0 Å². The Hall–Kier alpha value is -1.94. The lowest BCUT2D eigenvalue weighted by molar-refractivity contribution is -0.161. The van der Waals surface area contributed by atoms with Gasteiger partial charge >= 0.3 is 39.5 Å². The SMILES string of the molecule is CCC(C)CCCCCCCCC(=O)O[C@H](COC(=O)CCCCCCCCCC(C)C)COP(=O)(O)OCC(O)COP(=O)(O)OC[C@@H](COC(=O)CCCCCCCCCCCCCCCCCCC(C)C)OC(=O)CCCCCCCCCCCCC(C)C. The zero-order chi connectivity index (χ0) is 68.2. The van der Waals surface area contributed by atoms with Crippen LogP contribution in [0.25, 0.3) is 0 Å². The number of hydrogen-bond donors (Lipinski definition) is 3. The molecule has 546 valence electrons. The van der Waals surface area contributed by atoms with Gasteiger partial charge in [0.05, 0.1) is 26.4 Å². The van der Waals surface area contributed by atoms with Crippen LogP contribution in [0.4, 0.5) is 0 Å². The summed E-state index contributed by atoms with van der Waals surface area (Å²) in [7, 11) is -9.91. The second kappa shape index (κ2) is 62.6. The summed E-state index contributed by atoms with van der Waals surface area (Å²) in [5, 5.41) is 10.6. The van der Waals surface area contributed by atoms with Crippen molar-refractivity contribution in [1.29, 1.82) is 0 Å². The van der Waals surface area contributed by atoms with Crippen LogP contribution in [-0.2, 0) is 65.4 Å². The number of esters is 4. The smallest absolute Gasteiger partial charge is 0.462 e. The van der Waals surface area contributed by atoms with Gasteiger partial charge in [0.1, 0.15) is 19.3 Å². The molecule has 6 atom stereocenters. The van der Waals surface area contributed by atoms with Crippen LogP contribution >= 0.6 is 15.6 Å². The number of hydrogen-bond acceptors (Lipinski definition) is 15. The van der Waals surface area contributed by atoms with Crippen molar-refractivity contribution in [2.45, 2.75) is 382 Å². The van der Waals surface area contributed by atoms with E-state index in [0.29, 0.717) is 31.6 Å². The number of carbonyl (C=O) groups excluding carboxylic acids is 4. The van der Waals surface area contributed by atoms with Crippen LogP contribution in [-0.4, -0.2) is 96.7 Å². The molecule has 92 heavy (non-hydrogen) atoms. The van der Waals surface area contributed by atoms with E-state index in [-0.39, 0.29) is 25.7 Å². The van der Waals surface area contributed by atoms with Crippen molar-refractivity contribution in [3.8, 4) is 0 Å². The first-order valence-corrected chi connectivity index (χ1v) is 40.7. The summed E-state index contributed by atoms with van der Waals surface area (Å²) in [5.41, 5.74) is 0. The van der Waals surface area contributed by atoms with E-state index in [0.717, 1.165) is 114 Å². The van der Waals surface area contributed by atoms with Crippen LogP contribution in [0.5, 0.6) is 0 Å². The van der Waals surface area contributed by atoms with Crippen molar-refractivity contribution in [2.24, 2.45) is 23.7 Å². The quantitative estimate of drug-likeness (QED) is 0.0222. The summed E-state index contributed by atoms with van der Waals surface area (Å²) in [6.07, 6.45) is 46.0. The molecule has 0 amide bonds. The lowest BCUT2D eigenvalue weighted by Crippen LogP contribution is -2.30. The lowest BCUT2D eigenvalue weighted by Gasteiger charge is -2.21. The molecule has 0 aliphatic rings. The number of rotatable bonds is 70. The van der Waals surface area contributed by atoms with E-state index in [2.05, 4.69) is 55.4 Å². The fourth-order valence-electron chi connectivity index (χ4n) is 11.0. The molecule has 4 unspecified atom stereocenters. The fraction of sp³-hybridized carbons (Fsp3) is 0.945. The summed E-state index contributed by atoms with van der Waals surface area (Å²) in [4.78, 5) is 72.6. The van der Waals surface area contributed by atoms with E-state index in [1.165, 1.54) is 161 Å². The number of aliphatic hydroxyl groups excluding tert-OH is 1. The minimum absolute atomic E-state index is 0.102. The Morgan fingerprint density at radius 1 is 0.304 bits per heavy atom. The summed E-state index contributed by atoms with van der Waals surface area (Å²) in [6, 6.07) is 0. The van der Waals surface area contributed by atoms with Crippen molar-refractivity contribution in [3.05, 3.63) is 0 Å². The van der Waals surface area contributed by atoms with Crippen LogP contribution in [0, 0.1) is 23.7 Å². The van der Waals surface area contributed by atoms with E-state index in [1.807, 2.05) is 0 Å². The maximum atomic E-state index is 13.0. The molecule has 0 bridgehead atoms. The van der Waals surface area contributed by atoms with Gasteiger partial charge in [-0.1, -0.05) is 312 Å². The zero-order valence-electron chi connectivity index (χ0n) is 60.2. The van der Waals surface area contributed by atoms with Gasteiger partial charge in [-0.15, -0.1) is 0 Å². The van der Waals surface area contributed by atoms with Crippen LogP contribution in [0.1, 0.15) is 364 Å². The van der Waals surface area contributed by atoms with Gasteiger partial charge in [0.2, 0.25) is 0 Å². The number of ether oxygens (including phenoxy) is 4. The average Bonchev–Trinajstić information content (AvgIpc) is 3.43. The van der Waals surface area contributed by atoms with Gasteiger partial charge in [0.15, 0.2) is 12.2 Å². The Morgan fingerprint density at radius 2 is 0.522 bits per heavy atom. The third-order valence-electron chi connectivity index (χ3n) is 17.2. The number of carbonyl (C=O) groups is 4. The van der Waals surface area contributed by atoms with Crippen molar-refractivity contribution in [3.63, 3.8) is 0 Å². The molecular weight excluding hydrogens is 1210 g/mol. The molecule has 0 aromatic carbocycles. The first-order chi connectivity index (χ1) is 44.1. The molecule has 17 nitrogen and oxygen atoms in total. The molecule has 0 rings (SSSR count). The van der Waals surface area contributed by atoms with Crippen LogP contribution in [0.15, 0.2) is 0 Å². The molecule has 0 aromatic rings. The average molecular weight is 1350 g/mol. The lowest BCUT2D eigenvalue weighted by atomic mass is 10.00. The van der Waals surface area contributed by atoms with Gasteiger partial charge < -0.3 is 33.8 Å². The second-order valence-corrected chi connectivity index (χ2v) is 30.9. The molecule has 3 N–H and O–H groups in total. The predicted molar refractivity (Wildman–Crippen MR) is 372 cm³/mol. The Kier molecular flexibility index (Phi) is 61.3. The van der Waals surface area contributed by atoms with Crippen LogP contribution in [0.3, 0.4) is 0 Å². The highest BCUT2D eigenvalue weighted by Gasteiger charge is 2.30. The first kappa shape index (κ1) is 90.1. The molecule has 0 spiro atoms. The van der Waals surface area contributed by atoms with Gasteiger partial charge in [-0.3, -0.25) is 37.3 Å². The zero-order valence-corrected chi connectivity index (χ0v) is 62.0. The topological polar surface area (TPSA) is 237 Å². The fourth-order valence-corrected chi connectivity index (χ4v) is 12.6. The molecule has 19 heteroatoms. The van der Waals surface area contributed by atoms with Gasteiger partial charge in [0.25, 0.3) is 0 Å². The number of phosphoric ester groups is 2. The van der Waals surface area contributed by atoms with Crippen LogP contribution < -0.4 is 0 Å². The monoisotopic (exact) mass is 1350 g/mol. The van der Waals surface area contributed by atoms with Gasteiger partial charge in [-0.2, -0.15) is 0 Å². The van der Waals surface area contributed by atoms with Gasteiger partial charge in [0, 0.05) is 25.7 Å². The molecule has 0 saturated heterocycles. The van der Waals surface area contributed by atoms with Gasteiger partial charge in [-0.05, 0) is 49.4 Å². The van der Waals surface area contributed by atoms with E-state index in [4.69, 9.17) is 37.0 Å². The third-order valence-corrected chi connectivity index (χ3v) is 19.1. The standard InChI is InChI=1S/C73H142O17P2/c1-9-66(8)52-44-36-31-32-40-48-56-73(78)90-69(60-84-71(76)54-46-38-30-24-27-35-43-51-65(6)7)62-88-92(81,82)86-58-67(74)57-85-91(79,80)87-61-68(89-72(77)55-47-39-29-23-19-18-21-26-34-42-50-64(4)5)59-83-70(75)53-45-37-28-22-17-15-13-11-10-12-14-16-20-25-33-41-49-63(2)3/h63-69,74H,9-62H2,1-8H3,(H,79,80)(H,81,82)/t66?,67?,68-,69-/m1/s1. The Morgan fingerprint density at radius 3 is 0.772 bits per heavy atom.